The number of amides is 1. The Kier molecular flexibility index (Phi) is 9.08. The van der Waals surface area contributed by atoms with Gasteiger partial charge in [0, 0.05) is 6.54 Å². The van der Waals surface area contributed by atoms with Crippen molar-refractivity contribution in [1.82, 2.24) is 10.2 Å². The molecule has 7 nitrogen and oxygen atoms in total. The van der Waals surface area contributed by atoms with Crippen LogP contribution in [0.15, 0.2) is 53.4 Å². The largest absolute Gasteiger partial charge is 0.494 e. The average molecular weight is 478 g/mol. The van der Waals surface area contributed by atoms with Gasteiger partial charge in [0.25, 0.3) is 10.0 Å². The first-order chi connectivity index (χ1) is 15.9. The van der Waals surface area contributed by atoms with Crippen molar-refractivity contribution in [3.63, 3.8) is 0 Å². The third-order valence-corrected chi connectivity index (χ3v) is 7.33. The third-order valence-electron chi connectivity index (χ3n) is 5.55. The smallest absolute Gasteiger partial charge is 0.264 e. The van der Waals surface area contributed by atoms with Crippen LogP contribution in [0.4, 0.5) is 10.1 Å². The summed E-state index contributed by atoms with van der Waals surface area (Å²) < 4.78 is 46.5. The zero-order valence-electron chi connectivity index (χ0n) is 19.0. The van der Waals surface area contributed by atoms with Crippen LogP contribution in [0.3, 0.4) is 0 Å². The highest BCUT2D eigenvalue weighted by Crippen LogP contribution is 2.25. The van der Waals surface area contributed by atoms with E-state index in [0.29, 0.717) is 18.9 Å². The van der Waals surface area contributed by atoms with Gasteiger partial charge in [0.15, 0.2) is 0 Å². The Labute approximate surface area is 195 Å². The van der Waals surface area contributed by atoms with E-state index in [-0.39, 0.29) is 10.6 Å². The number of anilines is 1. The molecule has 2 aromatic carbocycles. The summed E-state index contributed by atoms with van der Waals surface area (Å²) in [5, 5.41) is 2.82. The lowest BCUT2D eigenvalue weighted by Gasteiger charge is -2.26. The normalized spacial score (nSPS) is 14.6. The van der Waals surface area contributed by atoms with Gasteiger partial charge in [-0.3, -0.25) is 9.10 Å². The van der Waals surface area contributed by atoms with Crippen LogP contribution in [0, 0.1) is 5.82 Å². The fourth-order valence-corrected chi connectivity index (χ4v) is 5.24. The highest BCUT2D eigenvalue weighted by atomic mass is 32.2. The fourth-order valence-electron chi connectivity index (χ4n) is 3.82. The molecule has 1 heterocycles. The van der Waals surface area contributed by atoms with E-state index in [2.05, 4.69) is 10.2 Å². The molecule has 0 saturated carbocycles. The molecule has 0 aromatic heterocycles. The number of ether oxygens (including phenoxy) is 1. The SMILES string of the molecule is CCOc1ccc(S(=O)(=O)N(CC(=O)NCCCN2CCCCC2)c2ccc(F)cc2)cc1. The van der Waals surface area contributed by atoms with Gasteiger partial charge in [-0.05, 0) is 94.4 Å². The maximum absolute atomic E-state index is 13.4. The van der Waals surface area contributed by atoms with Crippen molar-refractivity contribution in [2.45, 2.75) is 37.5 Å². The molecule has 0 spiro atoms. The topological polar surface area (TPSA) is 79.0 Å². The number of carbonyl (C=O) groups is 1. The van der Waals surface area contributed by atoms with E-state index >= 15 is 0 Å². The van der Waals surface area contributed by atoms with Crippen LogP contribution in [0.2, 0.25) is 0 Å². The second-order valence-electron chi connectivity index (χ2n) is 8.00. The summed E-state index contributed by atoms with van der Waals surface area (Å²) in [4.78, 5) is 15.0. The summed E-state index contributed by atoms with van der Waals surface area (Å²) in [6.07, 6.45) is 4.49. The molecular weight excluding hydrogens is 445 g/mol. The molecule has 1 N–H and O–H groups in total. The molecule has 9 heteroatoms. The van der Waals surface area contributed by atoms with Crippen molar-refractivity contribution in [3.05, 3.63) is 54.3 Å². The molecule has 1 saturated heterocycles. The number of hydrogen-bond donors (Lipinski definition) is 1. The summed E-state index contributed by atoms with van der Waals surface area (Å²) in [7, 11) is -4.06. The molecule has 0 bridgehead atoms. The second kappa shape index (κ2) is 12.0. The van der Waals surface area contributed by atoms with Crippen molar-refractivity contribution < 1.29 is 22.3 Å². The van der Waals surface area contributed by atoms with Crippen LogP contribution in [-0.4, -0.2) is 58.6 Å². The lowest BCUT2D eigenvalue weighted by atomic mass is 10.1. The molecule has 1 amide bonds. The van der Waals surface area contributed by atoms with Gasteiger partial charge >= 0.3 is 0 Å². The first-order valence-electron chi connectivity index (χ1n) is 11.4. The van der Waals surface area contributed by atoms with Crippen LogP contribution in [-0.2, 0) is 14.8 Å². The van der Waals surface area contributed by atoms with Crippen LogP contribution < -0.4 is 14.4 Å². The van der Waals surface area contributed by atoms with Gasteiger partial charge < -0.3 is 15.0 Å². The van der Waals surface area contributed by atoms with Crippen LogP contribution in [0.25, 0.3) is 0 Å². The van der Waals surface area contributed by atoms with E-state index in [1.165, 1.54) is 55.7 Å². The summed E-state index contributed by atoms with van der Waals surface area (Å²) in [5.74, 6) is -0.344. The predicted molar refractivity (Wildman–Crippen MR) is 126 cm³/mol. The molecule has 1 aliphatic heterocycles. The van der Waals surface area contributed by atoms with Crippen LogP contribution in [0.1, 0.15) is 32.6 Å². The number of piperidine rings is 1. The van der Waals surface area contributed by atoms with E-state index in [9.17, 15) is 17.6 Å². The number of carbonyl (C=O) groups excluding carboxylic acids is 1. The molecule has 1 aliphatic rings. The van der Waals surface area contributed by atoms with Crippen LogP contribution >= 0.6 is 0 Å². The molecule has 0 radical (unpaired) electrons. The minimum atomic E-state index is -4.06. The number of halogens is 1. The maximum Gasteiger partial charge on any atom is 0.264 e. The average Bonchev–Trinajstić information content (AvgIpc) is 2.82. The predicted octanol–water partition coefficient (Wildman–Crippen LogP) is 3.41. The van der Waals surface area contributed by atoms with E-state index in [1.807, 2.05) is 6.92 Å². The Balaban J connectivity index is 1.68. The molecule has 0 unspecified atom stereocenters. The molecule has 3 rings (SSSR count). The zero-order chi connectivity index (χ0) is 23.7. The highest BCUT2D eigenvalue weighted by molar-refractivity contribution is 7.92. The quantitative estimate of drug-likeness (QED) is 0.502. The lowest BCUT2D eigenvalue weighted by Crippen LogP contribution is -2.41. The van der Waals surface area contributed by atoms with Crippen molar-refractivity contribution in [2.24, 2.45) is 0 Å². The van der Waals surface area contributed by atoms with Crippen molar-refractivity contribution in [2.75, 3.05) is 43.6 Å². The van der Waals surface area contributed by atoms with E-state index in [1.54, 1.807) is 12.1 Å². The van der Waals surface area contributed by atoms with Crippen molar-refractivity contribution >= 4 is 21.6 Å². The number of hydrogen-bond acceptors (Lipinski definition) is 5. The second-order valence-corrected chi connectivity index (χ2v) is 9.86. The van der Waals surface area contributed by atoms with Crippen molar-refractivity contribution in [1.29, 1.82) is 0 Å². The Morgan fingerprint density at radius 3 is 2.36 bits per heavy atom. The standard InChI is InChI=1S/C24H32FN3O4S/c1-2-32-22-11-13-23(14-12-22)33(30,31)28(21-9-7-20(25)8-10-21)19-24(29)26-15-6-18-27-16-4-3-5-17-27/h7-14H,2-6,15-19H2,1H3,(H,26,29). The first kappa shape index (κ1) is 25.0. The fraction of sp³-hybridized carbons (Fsp3) is 0.458. The first-order valence-corrected chi connectivity index (χ1v) is 12.8. The molecule has 33 heavy (non-hydrogen) atoms. The van der Waals surface area contributed by atoms with Crippen LogP contribution in [0.5, 0.6) is 5.75 Å². The van der Waals surface area contributed by atoms with Gasteiger partial charge in [0.1, 0.15) is 18.1 Å². The van der Waals surface area contributed by atoms with Gasteiger partial charge in [-0.1, -0.05) is 6.42 Å². The molecule has 180 valence electrons. The maximum atomic E-state index is 13.4. The third kappa shape index (κ3) is 7.17. The Hall–Kier alpha value is -2.65. The highest BCUT2D eigenvalue weighted by Gasteiger charge is 2.27. The number of sulfonamides is 1. The van der Waals surface area contributed by atoms with Crippen molar-refractivity contribution in [3.8, 4) is 5.75 Å². The van der Waals surface area contributed by atoms with Gasteiger partial charge in [0.05, 0.1) is 17.2 Å². The number of rotatable bonds is 11. The Morgan fingerprint density at radius 1 is 1.06 bits per heavy atom. The molecule has 1 fully saturated rings. The van der Waals surface area contributed by atoms with Gasteiger partial charge in [-0.2, -0.15) is 0 Å². The number of nitrogens with zero attached hydrogens (tertiary/aromatic N) is 2. The van der Waals surface area contributed by atoms with E-state index in [4.69, 9.17) is 4.74 Å². The molecule has 0 aliphatic carbocycles. The Morgan fingerprint density at radius 2 is 1.73 bits per heavy atom. The summed E-state index contributed by atoms with van der Waals surface area (Å²) >= 11 is 0. The number of benzene rings is 2. The van der Waals surface area contributed by atoms with E-state index < -0.39 is 28.3 Å². The minimum absolute atomic E-state index is 0.0215. The Bertz CT molecular complexity index is 991. The number of nitrogens with one attached hydrogen (secondary N) is 1. The van der Waals surface area contributed by atoms with E-state index in [0.717, 1.165) is 30.4 Å². The minimum Gasteiger partial charge on any atom is -0.494 e. The zero-order valence-corrected chi connectivity index (χ0v) is 19.8. The number of likely N-dealkylation sites (tertiary alicyclic amines) is 1. The van der Waals surface area contributed by atoms with Gasteiger partial charge in [-0.25, -0.2) is 12.8 Å². The van der Waals surface area contributed by atoms with Gasteiger partial charge in [0.2, 0.25) is 5.91 Å². The summed E-state index contributed by atoms with van der Waals surface area (Å²) in [6, 6.07) is 11.1. The summed E-state index contributed by atoms with van der Waals surface area (Å²) in [6.45, 7) is 5.46. The summed E-state index contributed by atoms with van der Waals surface area (Å²) in [5.41, 5.74) is 0.216. The molecule has 2 aromatic rings. The molecule has 0 atom stereocenters. The monoisotopic (exact) mass is 477 g/mol. The molecular formula is C24H32FN3O4S. The van der Waals surface area contributed by atoms with Gasteiger partial charge in [-0.15, -0.1) is 0 Å². The lowest BCUT2D eigenvalue weighted by molar-refractivity contribution is -0.119.